The van der Waals surface area contributed by atoms with Gasteiger partial charge < -0.3 is 10.1 Å². The first-order chi connectivity index (χ1) is 12.4. The highest BCUT2D eigenvalue weighted by Crippen LogP contribution is 2.30. The summed E-state index contributed by atoms with van der Waals surface area (Å²) in [5.41, 5.74) is 1.30. The molecule has 2 aromatic rings. The van der Waals surface area contributed by atoms with E-state index in [1.165, 1.54) is 18.9 Å². The Hall–Kier alpha value is -2.54. The lowest BCUT2D eigenvalue weighted by molar-refractivity contribution is 0.102. The number of carbonyl (C=O) groups excluding carboxylic acids is 1. The average molecular weight is 374 g/mol. The number of carbonyl (C=O) groups is 1. The largest absolute Gasteiger partial charge is 0.488 e. The number of amides is 1. The van der Waals surface area contributed by atoms with Gasteiger partial charge in [-0.1, -0.05) is 18.2 Å². The predicted molar refractivity (Wildman–Crippen MR) is 102 cm³/mol. The molecule has 1 amide bonds. The molecule has 3 rings (SSSR count). The third-order valence-corrected chi connectivity index (χ3v) is 4.77. The van der Waals surface area contributed by atoms with Gasteiger partial charge >= 0.3 is 0 Å². The number of benzene rings is 2. The minimum atomic E-state index is -3.40. The van der Waals surface area contributed by atoms with Crippen molar-refractivity contribution in [2.75, 3.05) is 16.3 Å². The van der Waals surface area contributed by atoms with Gasteiger partial charge in [0.25, 0.3) is 5.91 Å². The second kappa shape index (κ2) is 7.78. The van der Waals surface area contributed by atoms with Crippen molar-refractivity contribution in [3.8, 4) is 5.75 Å². The Bertz CT molecular complexity index is 890. The fourth-order valence-corrected chi connectivity index (χ4v) is 3.55. The molecule has 0 saturated heterocycles. The molecule has 1 fully saturated rings. The van der Waals surface area contributed by atoms with Gasteiger partial charge in [0.15, 0.2) is 0 Å². The number of hydrogen-bond donors (Lipinski definition) is 2. The summed E-state index contributed by atoms with van der Waals surface area (Å²) in [6, 6.07) is 13.7. The minimum Gasteiger partial charge on any atom is -0.488 e. The van der Waals surface area contributed by atoms with Crippen LogP contribution in [0, 0.1) is 0 Å². The second-order valence-corrected chi connectivity index (χ2v) is 8.18. The zero-order valence-corrected chi connectivity index (χ0v) is 15.4. The van der Waals surface area contributed by atoms with Gasteiger partial charge in [0.1, 0.15) is 5.75 Å². The fourth-order valence-electron chi connectivity index (χ4n) is 2.99. The van der Waals surface area contributed by atoms with E-state index in [2.05, 4.69) is 10.0 Å². The van der Waals surface area contributed by atoms with E-state index in [-0.39, 0.29) is 12.0 Å². The van der Waals surface area contributed by atoms with Crippen molar-refractivity contribution >= 4 is 27.3 Å². The summed E-state index contributed by atoms with van der Waals surface area (Å²) in [4.78, 5) is 12.6. The molecule has 0 heterocycles. The van der Waals surface area contributed by atoms with Gasteiger partial charge in [-0.25, -0.2) is 8.42 Å². The van der Waals surface area contributed by atoms with Crippen LogP contribution in [0.5, 0.6) is 5.75 Å². The van der Waals surface area contributed by atoms with E-state index in [0.717, 1.165) is 19.1 Å². The predicted octanol–water partition coefficient (Wildman–Crippen LogP) is 3.63. The van der Waals surface area contributed by atoms with Crippen LogP contribution < -0.4 is 14.8 Å². The van der Waals surface area contributed by atoms with E-state index in [0.29, 0.717) is 22.7 Å². The van der Waals surface area contributed by atoms with Crippen LogP contribution >= 0.6 is 0 Å². The van der Waals surface area contributed by atoms with Crippen LogP contribution in [-0.4, -0.2) is 26.7 Å². The van der Waals surface area contributed by atoms with E-state index in [1.54, 1.807) is 24.3 Å². The molecule has 1 aliphatic carbocycles. The highest BCUT2D eigenvalue weighted by atomic mass is 32.2. The van der Waals surface area contributed by atoms with Crippen molar-refractivity contribution in [1.29, 1.82) is 0 Å². The number of hydrogen-bond acceptors (Lipinski definition) is 4. The summed E-state index contributed by atoms with van der Waals surface area (Å²) >= 11 is 0. The molecule has 6 nitrogen and oxygen atoms in total. The lowest BCUT2D eigenvalue weighted by Gasteiger charge is -2.17. The van der Waals surface area contributed by atoms with Gasteiger partial charge in [-0.15, -0.1) is 0 Å². The number of anilines is 2. The molecule has 2 N–H and O–H groups in total. The van der Waals surface area contributed by atoms with Crippen molar-refractivity contribution in [1.82, 2.24) is 0 Å². The monoisotopic (exact) mass is 374 g/mol. The highest BCUT2D eigenvalue weighted by molar-refractivity contribution is 7.92. The van der Waals surface area contributed by atoms with Gasteiger partial charge in [0, 0.05) is 11.3 Å². The molecule has 0 radical (unpaired) electrons. The number of sulfonamides is 1. The molecule has 0 aliphatic heterocycles. The van der Waals surface area contributed by atoms with Crippen LogP contribution in [0.2, 0.25) is 0 Å². The molecular formula is C19H22N2O4S. The Morgan fingerprint density at radius 1 is 1.08 bits per heavy atom. The minimum absolute atomic E-state index is 0.190. The Morgan fingerprint density at radius 3 is 2.54 bits per heavy atom. The lowest BCUT2D eigenvalue weighted by atomic mass is 10.2. The van der Waals surface area contributed by atoms with Crippen LogP contribution in [-0.2, 0) is 10.0 Å². The molecule has 2 aromatic carbocycles. The first kappa shape index (κ1) is 18.3. The summed E-state index contributed by atoms with van der Waals surface area (Å²) in [5, 5.41) is 2.85. The standard InChI is InChI=1S/C19H22N2O4S/c1-26(23,24)21-15-8-6-7-14(13-15)19(22)20-17-11-4-5-12-18(17)25-16-9-2-3-10-16/h4-8,11-13,16,21H,2-3,9-10H2,1H3,(H,20,22). The number of ether oxygens (including phenoxy) is 1. The van der Waals surface area contributed by atoms with Gasteiger partial charge in [0.05, 0.1) is 18.0 Å². The van der Waals surface area contributed by atoms with Crippen molar-refractivity contribution in [3.63, 3.8) is 0 Å². The van der Waals surface area contributed by atoms with Crippen molar-refractivity contribution in [3.05, 3.63) is 54.1 Å². The quantitative estimate of drug-likeness (QED) is 0.809. The third kappa shape index (κ3) is 4.98. The molecule has 7 heteroatoms. The Morgan fingerprint density at radius 2 is 1.81 bits per heavy atom. The van der Waals surface area contributed by atoms with E-state index in [4.69, 9.17) is 4.74 Å². The number of para-hydroxylation sites is 2. The molecule has 0 atom stereocenters. The summed E-state index contributed by atoms with van der Waals surface area (Å²) in [7, 11) is -3.40. The SMILES string of the molecule is CS(=O)(=O)Nc1cccc(C(=O)Nc2ccccc2OC2CCCC2)c1. The molecule has 1 aliphatic rings. The smallest absolute Gasteiger partial charge is 0.255 e. The molecule has 26 heavy (non-hydrogen) atoms. The van der Waals surface area contributed by atoms with E-state index >= 15 is 0 Å². The first-order valence-corrected chi connectivity index (χ1v) is 10.4. The fraction of sp³-hybridized carbons (Fsp3) is 0.316. The number of rotatable bonds is 6. The molecule has 0 bridgehead atoms. The maximum absolute atomic E-state index is 12.6. The summed E-state index contributed by atoms with van der Waals surface area (Å²) in [6.45, 7) is 0. The highest BCUT2D eigenvalue weighted by Gasteiger charge is 2.18. The van der Waals surface area contributed by atoms with E-state index in [9.17, 15) is 13.2 Å². The summed E-state index contributed by atoms with van der Waals surface area (Å²) in [5.74, 6) is 0.322. The average Bonchev–Trinajstić information content (AvgIpc) is 3.08. The third-order valence-electron chi connectivity index (χ3n) is 4.16. The Balaban J connectivity index is 1.75. The molecule has 138 valence electrons. The number of nitrogens with one attached hydrogen (secondary N) is 2. The van der Waals surface area contributed by atoms with Crippen LogP contribution in [0.4, 0.5) is 11.4 Å². The molecule has 1 saturated carbocycles. The summed E-state index contributed by atoms with van der Waals surface area (Å²) < 4.78 is 31.1. The molecule has 0 spiro atoms. The second-order valence-electron chi connectivity index (χ2n) is 6.43. The van der Waals surface area contributed by atoms with Crippen LogP contribution in [0.3, 0.4) is 0 Å². The Labute approximate surface area is 153 Å². The van der Waals surface area contributed by atoms with Crippen LogP contribution in [0.15, 0.2) is 48.5 Å². The van der Waals surface area contributed by atoms with Crippen LogP contribution in [0.1, 0.15) is 36.0 Å². The van der Waals surface area contributed by atoms with E-state index in [1.807, 2.05) is 18.2 Å². The van der Waals surface area contributed by atoms with Crippen LogP contribution in [0.25, 0.3) is 0 Å². The topological polar surface area (TPSA) is 84.5 Å². The van der Waals surface area contributed by atoms with Crippen molar-refractivity contribution < 1.29 is 17.9 Å². The van der Waals surface area contributed by atoms with Gasteiger partial charge in [-0.3, -0.25) is 9.52 Å². The zero-order valence-electron chi connectivity index (χ0n) is 14.6. The molecule has 0 unspecified atom stereocenters. The molecule has 0 aromatic heterocycles. The van der Waals surface area contributed by atoms with E-state index < -0.39 is 10.0 Å². The maximum Gasteiger partial charge on any atom is 0.255 e. The maximum atomic E-state index is 12.6. The summed E-state index contributed by atoms with van der Waals surface area (Å²) in [6.07, 6.45) is 5.65. The van der Waals surface area contributed by atoms with Crippen molar-refractivity contribution in [2.45, 2.75) is 31.8 Å². The zero-order chi connectivity index (χ0) is 18.6. The van der Waals surface area contributed by atoms with Crippen molar-refractivity contribution in [2.24, 2.45) is 0 Å². The first-order valence-electron chi connectivity index (χ1n) is 8.55. The van der Waals surface area contributed by atoms with Gasteiger partial charge in [0.2, 0.25) is 10.0 Å². The van der Waals surface area contributed by atoms with Gasteiger partial charge in [-0.2, -0.15) is 0 Å². The molecular weight excluding hydrogens is 352 g/mol. The Kier molecular flexibility index (Phi) is 5.46. The normalized spacial score (nSPS) is 14.8. The lowest BCUT2D eigenvalue weighted by Crippen LogP contribution is -2.16. The van der Waals surface area contributed by atoms with Gasteiger partial charge in [-0.05, 0) is 56.0 Å².